The van der Waals surface area contributed by atoms with Crippen LogP contribution in [0.3, 0.4) is 0 Å². The van der Waals surface area contributed by atoms with E-state index in [1.165, 1.54) is 11.1 Å². The maximum Gasteiger partial charge on any atom is 0.146 e. The SMILES string of the molecule is CC(C)(c1ccccc1)c1ccc(Oc2cccc(C#N)c2C#N)cc1. The summed E-state index contributed by atoms with van der Waals surface area (Å²) in [5, 5.41) is 18.4. The monoisotopic (exact) mass is 338 g/mol. The first-order valence-electron chi connectivity index (χ1n) is 8.33. The highest BCUT2D eigenvalue weighted by Gasteiger charge is 2.22. The molecule has 3 nitrogen and oxygen atoms in total. The molecule has 3 heteroatoms. The molecule has 0 radical (unpaired) electrons. The van der Waals surface area contributed by atoms with Crippen molar-refractivity contribution in [1.82, 2.24) is 0 Å². The first kappa shape index (κ1) is 17.3. The number of nitrogens with zero attached hydrogens (tertiary/aromatic N) is 2. The standard InChI is InChI=1S/C23H18N2O/c1-23(2,18-8-4-3-5-9-18)19-11-13-20(14-12-19)26-22-10-6-7-17(15-24)21(22)16-25/h3-14H,1-2H3. The lowest BCUT2D eigenvalue weighted by Crippen LogP contribution is -2.18. The van der Waals surface area contributed by atoms with Gasteiger partial charge in [0.2, 0.25) is 0 Å². The van der Waals surface area contributed by atoms with Crippen molar-refractivity contribution in [3.8, 4) is 23.6 Å². The van der Waals surface area contributed by atoms with E-state index in [9.17, 15) is 5.26 Å². The Morgan fingerprint density at radius 2 is 1.38 bits per heavy atom. The molecule has 0 unspecified atom stereocenters. The smallest absolute Gasteiger partial charge is 0.146 e. The van der Waals surface area contributed by atoms with E-state index in [-0.39, 0.29) is 11.0 Å². The van der Waals surface area contributed by atoms with Crippen LogP contribution in [0.1, 0.15) is 36.1 Å². The second-order valence-corrected chi connectivity index (χ2v) is 6.52. The van der Waals surface area contributed by atoms with Crippen LogP contribution in [0.15, 0.2) is 72.8 Å². The predicted octanol–water partition coefficient (Wildman–Crippen LogP) is 5.55. The lowest BCUT2D eigenvalue weighted by atomic mass is 9.78. The maximum absolute atomic E-state index is 9.30. The lowest BCUT2D eigenvalue weighted by Gasteiger charge is -2.26. The Bertz CT molecular complexity index is 991. The molecule has 0 bridgehead atoms. The Kier molecular flexibility index (Phi) is 4.74. The van der Waals surface area contributed by atoms with Gasteiger partial charge in [-0.25, -0.2) is 0 Å². The Labute approximate surface area is 153 Å². The fourth-order valence-corrected chi connectivity index (χ4v) is 2.91. The highest BCUT2D eigenvalue weighted by Crippen LogP contribution is 2.33. The third-order valence-electron chi connectivity index (χ3n) is 4.56. The molecule has 26 heavy (non-hydrogen) atoms. The number of ether oxygens (including phenoxy) is 1. The van der Waals surface area contributed by atoms with Gasteiger partial charge in [-0.3, -0.25) is 0 Å². The molecule has 126 valence electrons. The van der Waals surface area contributed by atoms with Crippen molar-refractivity contribution in [2.75, 3.05) is 0 Å². The number of nitriles is 2. The summed E-state index contributed by atoms with van der Waals surface area (Å²) in [6, 6.07) is 27.3. The molecule has 0 saturated carbocycles. The van der Waals surface area contributed by atoms with Gasteiger partial charge in [0.05, 0.1) is 5.56 Å². The third kappa shape index (κ3) is 3.29. The summed E-state index contributed by atoms with van der Waals surface area (Å²) in [6.45, 7) is 4.37. The van der Waals surface area contributed by atoms with E-state index in [1.807, 2.05) is 54.6 Å². The van der Waals surface area contributed by atoms with Gasteiger partial charge in [0.15, 0.2) is 0 Å². The van der Waals surface area contributed by atoms with Crippen LogP contribution in [0.2, 0.25) is 0 Å². The summed E-state index contributed by atoms with van der Waals surface area (Å²) in [7, 11) is 0. The highest BCUT2D eigenvalue weighted by atomic mass is 16.5. The number of hydrogen-bond acceptors (Lipinski definition) is 3. The van der Waals surface area contributed by atoms with Gasteiger partial charge in [-0.05, 0) is 35.4 Å². The van der Waals surface area contributed by atoms with Gasteiger partial charge in [-0.15, -0.1) is 0 Å². The molecule has 3 aromatic rings. The fraction of sp³-hybridized carbons (Fsp3) is 0.130. The average Bonchev–Trinajstić information content (AvgIpc) is 2.69. The van der Waals surface area contributed by atoms with E-state index < -0.39 is 0 Å². The molecule has 0 aliphatic heterocycles. The van der Waals surface area contributed by atoms with Crippen molar-refractivity contribution in [2.45, 2.75) is 19.3 Å². The molecular formula is C23H18N2O. The number of benzene rings is 3. The average molecular weight is 338 g/mol. The Morgan fingerprint density at radius 1 is 0.731 bits per heavy atom. The van der Waals surface area contributed by atoms with E-state index in [2.05, 4.69) is 26.0 Å². The summed E-state index contributed by atoms with van der Waals surface area (Å²) < 4.78 is 5.84. The van der Waals surface area contributed by atoms with Crippen LogP contribution in [0.4, 0.5) is 0 Å². The zero-order chi connectivity index (χ0) is 18.6. The zero-order valence-electron chi connectivity index (χ0n) is 14.7. The van der Waals surface area contributed by atoms with E-state index in [1.54, 1.807) is 18.2 Å². The minimum atomic E-state index is -0.127. The summed E-state index contributed by atoms with van der Waals surface area (Å²) in [5.74, 6) is 1.02. The molecule has 0 atom stereocenters. The molecule has 0 saturated heterocycles. The van der Waals surface area contributed by atoms with Crippen molar-refractivity contribution in [1.29, 1.82) is 10.5 Å². The molecule has 0 aliphatic carbocycles. The molecule has 0 heterocycles. The summed E-state index contributed by atoms with van der Waals surface area (Å²) in [5.41, 5.74) is 2.85. The van der Waals surface area contributed by atoms with E-state index in [0.717, 1.165) is 0 Å². The molecule has 3 rings (SSSR count). The molecule has 0 aliphatic rings. The van der Waals surface area contributed by atoms with E-state index in [0.29, 0.717) is 17.1 Å². The normalized spacial score (nSPS) is 10.6. The summed E-state index contributed by atoms with van der Waals surface area (Å²) >= 11 is 0. The van der Waals surface area contributed by atoms with Gasteiger partial charge >= 0.3 is 0 Å². The van der Waals surface area contributed by atoms with Gasteiger partial charge in [-0.1, -0.05) is 62.4 Å². The minimum absolute atomic E-state index is 0.127. The quantitative estimate of drug-likeness (QED) is 0.627. The van der Waals surface area contributed by atoms with Gasteiger partial charge in [-0.2, -0.15) is 10.5 Å². The summed E-state index contributed by atoms with van der Waals surface area (Å²) in [6.07, 6.45) is 0. The minimum Gasteiger partial charge on any atom is -0.456 e. The Balaban J connectivity index is 1.88. The van der Waals surface area contributed by atoms with E-state index in [4.69, 9.17) is 10.00 Å². The largest absolute Gasteiger partial charge is 0.456 e. The first-order chi connectivity index (χ1) is 12.6. The van der Waals surface area contributed by atoms with Gasteiger partial charge in [0.25, 0.3) is 0 Å². The van der Waals surface area contributed by atoms with Crippen LogP contribution >= 0.6 is 0 Å². The zero-order valence-corrected chi connectivity index (χ0v) is 14.7. The van der Waals surface area contributed by atoms with Gasteiger partial charge < -0.3 is 4.74 Å². The van der Waals surface area contributed by atoms with Crippen LogP contribution in [0.5, 0.6) is 11.5 Å². The van der Waals surface area contributed by atoms with Crippen molar-refractivity contribution < 1.29 is 4.74 Å². The molecule has 3 aromatic carbocycles. The van der Waals surface area contributed by atoms with Crippen LogP contribution < -0.4 is 4.74 Å². The molecule has 0 aromatic heterocycles. The highest BCUT2D eigenvalue weighted by molar-refractivity contribution is 5.55. The molecule has 0 amide bonds. The molecule has 0 N–H and O–H groups in total. The molecule has 0 fully saturated rings. The Hall–Kier alpha value is -3.56. The van der Waals surface area contributed by atoms with Crippen molar-refractivity contribution >= 4 is 0 Å². The Morgan fingerprint density at radius 3 is 2.00 bits per heavy atom. The van der Waals surface area contributed by atoms with Crippen molar-refractivity contribution in [2.24, 2.45) is 0 Å². The lowest BCUT2D eigenvalue weighted by molar-refractivity contribution is 0.480. The van der Waals surface area contributed by atoms with Gasteiger partial charge in [0.1, 0.15) is 29.2 Å². The third-order valence-corrected chi connectivity index (χ3v) is 4.56. The van der Waals surface area contributed by atoms with Crippen LogP contribution in [-0.4, -0.2) is 0 Å². The van der Waals surface area contributed by atoms with Crippen molar-refractivity contribution in [3.63, 3.8) is 0 Å². The first-order valence-corrected chi connectivity index (χ1v) is 8.33. The fourth-order valence-electron chi connectivity index (χ4n) is 2.91. The number of rotatable bonds is 4. The predicted molar refractivity (Wildman–Crippen MR) is 101 cm³/mol. The maximum atomic E-state index is 9.30. The van der Waals surface area contributed by atoms with Crippen LogP contribution in [0.25, 0.3) is 0 Å². The van der Waals surface area contributed by atoms with Crippen LogP contribution in [-0.2, 0) is 5.41 Å². The number of hydrogen-bond donors (Lipinski definition) is 0. The van der Waals surface area contributed by atoms with Gasteiger partial charge in [0, 0.05) is 5.41 Å². The second-order valence-electron chi connectivity index (χ2n) is 6.52. The van der Waals surface area contributed by atoms with Crippen LogP contribution in [0, 0.1) is 22.7 Å². The second kappa shape index (κ2) is 7.13. The van der Waals surface area contributed by atoms with E-state index >= 15 is 0 Å². The summed E-state index contributed by atoms with van der Waals surface area (Å²) in [4.78, 5) is 0. The molecular weight excluding hydrogens is 320 g/mol. The molecule has 0 spiro atoms. The van der Waals surface area contributed by atoms with Crippen molar-refractivity contribution in [3.05, 3.63) is 95.1 Å². The topological polar surface area (TPSA) is 56.8 Å².